The summed E-state index contributed by atoms with van der Waals surface area (Å²) in [4.78, 5) is 72.4. The number of nitrogens with zero attached hydrogens (tertiary/aromatic N) is 2. The van der Waals surface area contributed by atoms with E-state index >= 15 is 0 Å². The molecule has 0 radical (unpaired) electrons. The number of nitrogens with one attached hydrogen (secondary N) is 4. The van der Waals surface area contributed by atoms with Gasteiger partial charge in [-0.25, -0.2) is 24.2 Å². The zero-order valence-electron chi connectivity index (χ0n) is 27.7. The first kappa shape index (κ1) is 37.3. The molecule has 0 fully saturated rings. The van der Waals surface area contributed by atoms with Crippen LogP contribution in [0.3, 0.4) is 0 Å². The van der Waals surface area contributed by atoms with E-state index in [0.717, 1.165) is 16.6 Å². The molecule has 264 valence electrons. The molecule has 4 amide bonds. The van der Waals surface area contributed by atoms with Gasteiger partial charge in [-0.05, 0) is 60.7 Å². The molecule has 0 aliphatic carbocycles. The molecule has 0 spiro atoms. The topological polar surface area (TPSA) is 192 Å². The van der Waals surface area contributed by atoms with Gasteiger partial charge in [-0.2, -0.15) is 11.8 Å². The van der Waals surface area contributed by atoms with Crippen LogP contribution in [-0.2, 0) is 38.8 Å². The van der Waals surface area contributed by atoms with Crippen LogP contribution in [0.4, 0.5) is 9.59 Å². The summed E-state index contributed by atoms with van der Waals surface area (Å²) in [7, 11) is 0. The first-order valence-electron chi connectivity index (χ1n) is 15.9. The number of hydrogen-bond acceptors (Lipinski definition) is 9. The molecule has 1 heterocycles. The number of H-pyrrole nitrogens is 1. The second kappa shape index (κ2) is 18.8. The lowest BCUT2D eigenvalue weighted by molar-refractivity contribution is -0.145. The summed E-state index contributed by atoms with van der Waals surface area (Å²) in [5.74, 6) is -1.25. The number of hydrogen-bond donors (Lipinski definition) is 5. The van der Waals surface area contributed by atoms with Crippen molar-refractivity contribution >= 4 is 52.8 Å². The third-order valence-electron chi connectivity index (χ3n) is 7.40. The van der Waals surface area contributed by atoms with E-state index in [9.17, 15) is 29.1 Å². The number of carbonyl (C=O) groups excluding carboxylic acids is 4. The Morgan fingerprint density at radius 2 is 1.60 bits per heavy atom. The highest BCUT2D eigenvalue weighted by molar-refractivity contribution is 7.98. The number of fused-ring (bicyclic) bond motifs is 1. The lowest BCUT2D eigenvalue weighted by Crippen LogP contribution is -2.48. The van der Waals surface area contributed by atoms with Crippen LogP contribution in [0.1, 0.15) is 40.7 Å². The first-order valence-corrected chi connectivity index (χ1v) is 17.3. The maximum Gasteiger partial charge on any atom is 0.408 e. The molecule has 50 heavy (non-hydrogen) atoms. The van der Waals surface area contributed by atoms with Gasteiger partial charge in [-0.15, -0.1) is 0 Å². The van der Waals surface area contributed by atoms with Crippen LogP contribution < -0.4 is 16.0 Å². The predicted molar refractivity (Wildman–Crippen MR) is 187 cm³/mol. The number of aromatic amines is 1. The van der Waals surface area contributed by atoms with Crippen molar-refractivity contribution in [2.24, 2.45) is 0 Å². The fraction of sp³-hybridized carbons (Fsp3) is 0.314. The lowest BCUT2D eigenvalue weighted by Gasteiger charge is -2.25. The molecule has 1 aromatic heterocycles. The quantitative estimate of drug-likeness (QED) is 0.100. The van der Waals surface area contributed by atoms with Gasteiger partial charge >= 0.3 is 24.1 Å². The number of aliphatic carboxylic acids is 1. The number of carboxylic acid groups (broad SMARTS) is 1. The number of benzene rings is 3. The molecule has 3 aromatic carbocycles. The van der Waals surface area contributed by atoms with Gasteiger partial charge in [0.2, 0.25) is 0 Å². The third-order valence-corrected chi connectivity index (χ3v) is 8.05. The second-order valence-corrected chi connectivity index (χ2v) is 12.1. The van der Waals surface area contributed by atoms with Crippen molar-refractivity contribution in [2.75, 3.05) is 25.2 Å². The fourth-order valence-corrected chi connectivity index (χ4v) is 5.29. The summed E-state index contributed by atoms with van der Waals surface area (Å²) in [6, 6.07) is 20.0. The van der Waals surface area contributed by atoms with E-state index in [2.05, 4.69) is 25.9 Å². The molecule has 14 nitrogen and oxygen atoms in total. The molecule has 4 rings (SSSR count). The lowest BCUT2D eigenvalue weighted by atomic mass is 10.1. The number of rotatable bonds is 17. The highest BCUT2D eigenvalue weighted by Crippen LogP contribution is 2.15. The summed E-state index contributed by atoms with van der Waals surface area (Å²) >= 11 is 1.55. The number of carboxylic acids is 1. The summed E-state index contributed by atoms with van der Waals surface area (Å²) in [5.41, 5.74) is 3.20. The molecule has 0 saturated carbocycles. The minimum Gasteiger partial charge on any atom is -0.480 e. The van der Waals surface area contributed by atoms with Gasteiger partial charge in [0.15, 0.2) is 0 Å². The van der Waals surface area contributed by atoms with E-state index in [0.29, 0.717) is 23.6 Å². The van der Waals surface area contributed by atoms with Gasteiger partial charge < -0.3 is 40.4 Å². The standard InChI is InChI=1S/C35H40N6O8S/c1-3-48-33(45)28(17-18-50-2)39-34(46)41(21-30-37-26-11-7-8-12-27(26)38-30)20-23-13-15-25(16-14-23)31(42)36-19-29(32(43)44)40-35(47)49-22-24-9-5-4-6-10-24/h4-16,28-29H,3,17-22H2,1-2H3,(H,36,42)(H,37,38)(H,39,46)(H,40,47)(H,43,44)/t28-,29-/m0/s1. The molecular weight excluding hydrogens is 664 g/mol. The van der Waals surface area contributed by atoms with E-state index in [-0.39, 0.29) is 38.4 Å². The molecule has 15 heteroatoms. The average molecular weight is 705 g/mol. The Morgan fingerprint density at radius 1 is 0.880 bits per heavy atom. The minimum atomic E-state index is -1.43. The summed E-state index contributed by atoms with van der Waals surface area (Å²) in [5, 5.41) is 17.1. The second-order valence-electron chi connectivity index (χ2n) is 11.1. The number of urea groups is 1. The number of aromatic nitrogens is 2. The summed E-state index contributed by atoms with van der Waals surface area (Å²) < 4.78 is 10.3. The maximum absolute atomic E-state index is 13.6. The Balaban J connectivity index is 1.40. The van der Waals surface area contributed by atoms with Crippen LogP contribution in [-0.4, -0.2) is 87.2 Å². The highest BCUT2D eigenvalue weighted by Gasteiger charge is 2.26. The number of alkyl carbamates (subject to hydrolysis) is 1. The van der Waals surface area contributed by atoms with Crippen molar-refractivity contribution in [1.82, 2.24) is 30.8 Å². The van der Waals surface area contributed by atoms with Gasteiger partial charge in [0.25, 0.3) is 5.91 Å². The van der Waals surface area contributed by atoms with Crippen LogP contribution in [0.25, 0.3) is 11.0 Å². The molecule has 5 N–H and O–H groups in total. The molecule has 0 saturated heterocycles. The van der Waals surface area contributed by atoms with Crippen molar-refractivity contribution in [2.45, 2.75) is 45.1 Å². The van der Waals surface area contributed by atoms with E-state index in [1.54, 1.807) is 67.2 Å². The van der Waals surface area contributed by atoms with Gasteiger partial charge in [0.1, 0.15) is 24.5 Å². The van der Waals surface area contributed by atoms with Crippen LogP contribution in [0, 0.1) is 0 Å². The minimum absolute atomic E-state index is 0.0426. The van der Waals surface area contributed by atoms with E-state index < -0.39 is 42.1 Å². The first-order chi connectivity index (χ1) is 24.2. The van der Waals surface area contributed by atoms with E-state index in [1.165, 1.54) is 4.90 Å². The Morgan fingerprint density at radius 3 is 2.28 bits per heavy atom. The number of ether oxygens (including phenoxy) is 2. The zero-order valence-corrected chi connectivity index (χ0v) is 28.5. The van der Waals surface area contributed by atoms with Gasteiger partial charge in [-0.3, -0.25) is 4.79 Å². The van der Waals surface area contributed by atoms with E-state index in [4.69, 9.17) is 9.47 Å². The third kappa shape index (κ3) is 11.3. The fourth-order valence-electron chi connectivity index (χ4n) is 4.81. The predicted octanol–water partition coefficient (Wildman–Crippen LogP) is 4.07. The molecule has 0 unspecified atom stereocenters. The van der Waals surface area contributed by atoms with Crippen molar-refractivity contribution in [3.63, 3.8) is 0 Å². The normalized spacial score (nSPS) is 12.0. The van der Waals surface area contributed by atoms with Crippen molar-refractivity contribution < 1.29 is 38.6 Å². The smallest absolute Gasteiger partial charge is 0.408 e. The number of imidazole rings is 1. The average Bonchev–Trinajstić information content (AvgIpc) is 3.53. The highest BCUT2D eigenvalue weighted by atomic mass is 32.2. The molecule has 0 aliphatic rings. The monoisotopic (exact) mass is 704 g/mol. The number of para-hydroxylation sites is 2. The Kier molecular flexibility index (Phi) is 14.0. The molecular formula is C35H40N6O8S. The molecule has 0 bridgehead atoms. The summed E-state index contributed by atoms with van der Waals surface area (Å²) in [6.45, 7) is 1.66. The number of thioether (sulfide) groups is 1. The van der Waals surface area contributed by atoms with Crippen LogP contribution in [0.15, 0.2) is 78.9 Å². The number of esters is 1. The molecule has 4 aromatic rings. The molecule has 0 aliphatic heterocycles. The van der Waals surface area contributed by atoms with Crippen LogP contribution in [0.5, 0.6) is 0 Å². The van der Waals surface area contributed by atoms with Crippen molar-refractivity contribution in [3.8, 4) is 0 Å². The number of amides is 4. The maximum atomic E-state index is 13.6. The summed E-state index contributed by atoms with van der Waals surface area (Å²) in [6.07, 6.45) is 1.36. The Labute approximate surface area is 293 Å². The van der Waals surface area contributed by atoms with E-state index in [1.807, 2.05) is 36.6 Å². The Bertz CT molecular complexity index is 1720. The van der Waals surface area contributed by atoms with Crippen molar-refractivity contribution in [1.29, 1.82) is 0 Å². The van der Waals surface area contributed by atoms with Gasteiger partial charge in [0, 0.05) is 18.7 Å². The Hall–Kier alpha value is -5.57. The van der Waals surface area contributed by atoms with Crippen LogP contribution in [0.2, 0.25) is 0 Å². The van der Waals surface area contributed by atoms with Gasteiger partial charge in [-0.1, -0.05) is 54.6 Å². The van der Waals surface area contributed by atoms with Crippen molar-refractivity contribution in [3.05, 3.63) is 101 Å². The van der Waals surface area contributed by atoms with Crippen LogP contribution >= 0.6 is 11.8 Å². The SMILES string of the molecule is CCOC(=O)[C@H](CCSC)NC(=O)N(Cc1ccc(C(=O)NC[C@H](NC(=O)OCc2ccccc2)C(=O)O)cc1)Cc1nc2ccccc2[nH]1. The zero-order chi connectivity index (χ0) is 35.9. The van der Waals surface area contributed by atoms with Gasteiger partial charge in [0.05, 0.1) is 24.2 Å². The number of carbonyl (C=O) groups is 5. The molecule has 2 atom stereocenters. The largest absolute Gasteiger partial charge is 0.480 e.